The van der Waals surface area contributed by atoms with Crippen molar-refractivity contribution in [3.63, 3.8) is 0 Å². The normalized spacial score (nSPS) is 13.6. The molecule has 0 radical (unpaired) electrons. The molecule has 3 rings (SSSR count). The Hall–Kier alpha value is -2.60. The molecule has 31 heavy (non-hydrogen) atoms. The van der Waals surface area contributed by atoms with E-state index in [2.05, 4.69) is 0 Å². The van der Waals surface area contributed by atoms with Crippen molar-refractivity contribution >= 4 is 11.8 Å². The van der Waals surface area contributed by atoms with Crippen LogP contribution in [0, 0.1) is 12.8 Å². The number of amides is 2. The number of ether oxygens (including phenoxy) is 1. The SMILES string of the molecule is CCOCCCN(CC(=O)N(Cc1ccccc1)Cc1ccc(C)o1)C(=O)C1CCC1. The fourth-order valence-electron chi connectivity index (χ4n) is 3.74. The summed E-state index contributed by atoms with van der Waals surface area (Å²) >= 11 is 0. The van der Waals surface area contributed by atoms with E-state index in [0.717, 1.165) is 42.8 Å². The van der Waals surface area contributed by atoms with E-state index in [4.69, 9.17) is 9.15 Å². The number of carbonyl (C=O) groups excluding carboxylic acids is 2. The minimum absolute atomic E-state index is 0.0650. The standard InChI is InChI=1S/C25H34N2O4/c1-3-30-16-8-15-26(25(29)22-11-7-12-22)19-24(28)27(17-21-9-5-4-6-10-21)18-23-14-13-20(2)31-23/h4-6,9-10,13-14,22H,3,7-8,11-12,15-19H2,1-2H3. The van der Waals surface area contributed by atoms with Gasteiger partial charge in [0.25, 0.3) is 0 Å². The highest BCUT2D eigenvalue weighted by Crippen LogP contribution is 2.28. The third-order valence-corrected chi connectivity index (χ3v) is 5.72. The average molecular weight is 427 g/mol. The topological polar surface area (TPSA) is 63.0 Å². The number of furan rings is 1. The molecule has 0 N–H and O–H groups in total. The summed E-state index contributed by atoms with van der Waals surface area (Å²) in [6.07, 6.45) is 3.67. The molecule has 1 aliphatic rings. The van der Waals surface area contributed by atoms with E-state index in [1.165, 1.54) is 0 Å². The summed E-state index contributed by atoms with van der Waals surface area (Å²) in [6.45, 7) is 6.59. The fourth-order valence-corrected chi connectivity index (χ4v) is 3.74. The molecule has 6 heteroatoms. The van der Waals surface area contributed by atoms with Gasteiger partial charge >= 0.3 is 0 Å². The van der Waals surface area contributed by atoms with Crippen LogP contribution in [-0.4, -0.2) is 47.9 Å². The highest BCUT2D eigenvalue weighted by atomic mass is 16.5. The molecule has 2 amide bonds. The monoisotopic (exact) mass is 426 g/mol. The van der Waals surface area contributed by atoms with E-state index in [0.29, 0.717) is 32.8 Å². The summed E-state index contributed by atoms with van der Waals surface area (Å²) in [5, 5.41) is 0. The highest BCUT2D eigenvalue weighted by molar-refractivity contribution is 5.86. The van der Waals surface area contributed by atoms with Gasteiger partial charge in [0.05, 0.1) is 13.1 Å². The number of rotatable bonds is 12. The molecule has 1 aliphatic carbocycles. The lowest BCUT2D eigenvalue weighted by Crippen LogP contribution is -2.46. The summed E-state index contributed by atoms with van der Waals surface area (Å²) < 4.78 is 11.2. The van der Waals surface area contributed by atoms with Gasteiger partial charge in [-0.25, -0.2) is 0 Å². The van der Waals surface area contributed by atoms with E-state index in [1.54, 1.807) is 9.80 Å². The van der Waals surface area contributed by atoms with Crippen LogP contribution in [0.5, 0.6) is 0 Å². The van der Waals surface area contributed by atoms with E-state index in [1.807, 2.05) is 56.3 Å². The fraction of sp³-hybridized carbons (Fsp3) is 0.520. The Morgan fingerprint density at radius 3 is 2.45 bits per heavy atom. The maximum absolute atomic E-state index is 13.4. The lowest BCUT2D eigenvalue weighted by Gasteiger charge is -2.33. The van der Waals surface area contributed by atoms with Crippen LogP contribution in [0.3, 0.4) is 0 Å². The predicted octanol–water partition coefficient (Wildman–Crippen LogP) is 4.17. The first-order valence-corrected chi connectivity index (χ1v) is 11.3. The zero-order valence-electron chi connectivity index (χ0n) is 18.7. The molecule has 1 aromatic heterocycles. The first-order chi connectivity index (χ1) is 15.1. The third kappa shape index (κ3) is 6.96. The van der Waals surface area contributed by atoms with Crippen molar-refractivity contribution in [1.29, 1.82) is 0 Å². The summed E-state index contributed by atoms with van der Waals surface area (Å²) in [5.74, 6) is 1.66. The minimum Gasteiger partial charge on any atom is -0.464 e. The molecule has 0 aliphatic heterocycles. The molecule has 0 atom stereocenters. The Kier molecular flexibility index (Phi) is 8.71. The first kappa shape index (κ1) is 23.1. The van der Waals surface area contributed by atoms with Crippen LogP contribution in [-0.2, 0) is 27.4 Å². The van der Waals surface area contributed by atoms with Crippen LogP contribution in [0.25, 0.3) is 0 Å². The van der Waals surface area contributed by atoms with Gasteiger partial charge in [-0.3, -0.25) is 9.59 Å². The lowest BCUT2D eigenvalue weighted by atomic mass is 9.84. The van der Waals surface area contributed by atoms with Crippen molar-refractivity contribution in [2.24, 2.45) is 5.92 Å². The van der Waals surface area contributed by atoms with Crippen LogP contribution < -0.4 is 0 Å². The summed E-state index contributed by atoms with van der Waals surface area (Å²) in [5.41, 5.74) is 1.05. The number of hydrogen-bond acceptors (Lipinski definition) is 4. The number of hydrogen-bond donors (Lipinski definition) is 0. The predicted molar refractivity (Wildman–Crippen MR) is 119 cm³/mol. The molecular weight excluding hydrogens is 392 g/mol. The highest BCUT2D eigenvalue weighted by Gasteiger charge is 2.31. The number of carbonyl (C=O) groups is 2. The average Bonchev–Trinajstić information content (AvgIpc) is 3.13. The van der Waals surface area contributed by atoms with Crippen molar-refractivity contribution in [1.82, 2.24) is 9.80 Å². The van der Waals surface area contributed by atoms with Crippen LogP contribution in [0.1, 0.15) is 49.7 Å². The number of nitrogens with zero attached hydrogens (tertiary/aromatic N) is 2. The Morgan fingerprint density at radius 1 is 1.06 bits per heavy atom. The third-order valence-electron chi connectivity index (χ3n) is 5.72. The lowest BCUT2D eigenvalue weighted by molar-refractivity contribution is -0.145. The van der Waals surface area contributed by atoms with Gasteiger partial charge in [-0.1, -0.05) is 36.8 Å². The van der Waals surface area contributed by atoms with Crippen LogP contribution in [0.15, 0.2) is 46.9 Å². The van der Waals surface area contributed by atoms with Crippen molar-refractivity contribution < 1.29 is 18.7 Å². The largest absolute Gasteiger partial charge is 0.464 e. The molecule has 6 nitrogen and oxygen atoms in total. The molecule has 1 aromatic carbocycles. The van der Waals surface area contributed by atoms with Gasteiger partial charge in [0.15, 0.2) is 0 Å². The number of aryl methyl sites for hydroxylation is 1. The summed E-state index contributed by atoms with van der Waals surface area (Å²) in [7, 11) is 0. The summed E-state index contributed by atoms with van der Waals surface area (Å²) in [4.78, 5) is 29.8. The van der Waals surface area contributed by atoms with Gasteiger partial charge in [-0.2, -0.15) is 0 Å². The molecular formula is C25H34N2O4. The Balaban J connectivity index is 1.70. The smallest absolute Gasteiger partial charge is 0.242 e. The zero-order valence-corrected chi connectivity index (χ0v) is 18.7. The van der Waals surface area contributed by atoms with Gasteiger partial charge in [0, 0.05) is 32.2 Å². The molecule has 1 fully saturated rings. The first-order valence-electron chi connectivity index (χ1n) is 11.3. The molecule has 0 spiro atoms. The van der Waals surface area contributed by atoms with Crippen LogP contribution in [0.2, 0.25) is 0 Å². The quantitative estimate of drug-likeness (QED) is 0.478. The van der Waals surface area contributed by atoms with Crippen LogP contribution >= 0.6 is 0 Å². The van der Waals surface area contributed by atoms with Crippen molar-refractivity contribution in [2.45, 2.75) is 52.6 Å². The zero-order chi connectivity index (χ0) is 22.1. The van der Waals surface area contributed by atoms with E-state index in [-0.39, 0.29) is 24.3 Å². The molecule has 2 aromatic rings. The molecule has 1 heterocycles. The second-order valence-corrected chi connectivity index (χ2v) is 8.19. The molecule has 0 unspecified atom stereocenters. The molecule has 168 valence electrons. The second-order valence-electron chi connectivity index (χ2n) is 8.19. The van der Waals surface area contributed by atoms with Gasteiger partial charge < -0.3 is 19.0 Å². The molecule has 0 bridgehead atoms. The maximum atomic E-state index is 13.4. The second kappa shape index (κ2) is 11.7. The molecule has 0 saturated heterocycles. The summed E-state index contributed by atoms with van der Waals surface area (Å²) in [6, 6.07) is 13.7. The van der Waals surface area contributed by atoms with Gasteiger partial charge in [-0.15, -0.1) is 0 Å². The Labute approximate surface area is 185 Å². The van der Waals surface area contributed by atoms with Gasteiger partial charge in [0.2, 0.25) is 11.8 Å². The van der Waals surface area contributed by atoms with Crippen molar-refractivity contribution in [3.8, 4) is 0 Å². The Morgan fingerprint density at radius 2 is 1.84 bits per heavy atom. The van der Waals surface area contributed by atoms with Gasteiger partial charge in [0.1, 0.15) is 11.5 Å². The Bertz CT molecular complexity index is 829. The number of benzene rings is 1. The van der Waals surface area contributed by atoms with E-state index >= 15 is 0 Å². The minimum atomic E-state index is -0.0676. The van der Waals surface area contributed by atoms with Crippen LogP contribution in [0.4, 0.5) is 0 Å². The van der Waals surface area contributed by atoms with Crippen molar-refractivity contribution in [2.75, 3.05) is 26.3 Å². The van der Waals surface area contributed by atoms with Crippen molar-refractivity contribution in [3.05, 3.63) is 59.5 Å². The molecule has 1 saturated carbocycles. The van der Waals surface area contributed by atoms with E-state index in [9.17, 15) is 9.59 Å². The van der Waals surface area contributed by atoms with Gasteiger partial charge in [-0.05, 0) is 50.8 Å². The van der Waals surface area contributed by atoms with E-state index < -0.39 is 0 Å². The maximum Gasteiger partial charge on any atom is 0.242 e.